The summed E-state index contributed by atoms with van der Waals surface area (Å²) in [5, 5.41) is 42.1. The molecule has 0 aromatic heterocycles. The molecule has 0 unspecified atom stereocenters. The van der Waals surface area contributed by atoms with E-state index in [4.69, 9.17) is 18.9 Å². The number of aliphatic hydroxyl groups excluding tert-OH is 1. The largest absolute Gasteiger partial charge is 0.481 e. The minimum absolute atomic E-state index is 0.0665. The zero-order valence-electron chi connectivity index (χ0n) is 27.9. The third-order valence-corrected chi connectivity index (χ3v) is 9.12. The molecule has 2 fully saturated rings. The first kappa shape index (κ1) is 38.4. The highest BCUT2D eigenvalue weighted by atomic mass is 16.8. The van der Waals surface area contributed by atoms with Gasteiger partial charge in [-0.25, -0.2) is 14.4 Å². The number of aliphatic hydroxyl groups is 1. The Morgan fingerprint density at radius 2 is 1.69 bits per heavy atom. The highest BCUT2D eigenvalue weighted by molar-refractivity contribution is 5.93. The zero-order chi connectivity index (χ0) is 36.0. The molecule has 2 aliphatic heterocycles. The zero-order valence-corrected chi connectivity index (χ0v) is 27.9. The summed E-state index contributed by atoms with van der Waals surface area (Å²) in [4.78, 5) is 62.8. The van der Waals surface area contributed by atoms with Crippen molar-refractivity contribution in [2.75, 3.05) is 0 Å². The average Bonchev–Trinajstić information content (AvgIpc) is 3.20. The Labute approximate surface area is 279 Å². The number of allylic oxidation sites excluding steroid dienone is 1. The lowest BCUT2D eigenvalue weighted by molar-refractivity contribution is -0.342. The number of carbonyl (C=O) groups excluding carboxylic acids is 2. The van der Waals surface area contributed by atoms with Crippen LogP contribution in [0.15, 0.2) is 54.6 Å². The van der Waals surface area contributed by atoms with E-state index in [0.717, 1.165) is 24.5 Å². The van der Waals surface area contributed by atoms with E-state index in [9.17, 15) is 44.4 Å². The molecule has 0 saturated carbocycles. The lowest BCUT2D eigenvalue weighted by Crippen LogP contribution is -2.66. The van der Waals surface area contributed by atoms with E-state index in [1.807, 2.05) is 58.0 Å². The lowest BCUT2D eigenvalue weighted by atomic mass is 9.78. The summed E-state index contributed by atoms with van der Waals surface area (Å²) < 4.78 is 22.5. The molecule has 4 N–H and O–H groups in total. The normalized spacial score (nSPS) is 29.0. The van der Waals surface area contributed by atoms with Crippen LogP contribution in [0.25, 0.3) is 0 Å². The maximum Gasteiger partial charge on any atom is 0.341 e. The van der Waals surface area contributed by atoms with Gasteiger partial charge in [-0.3, -0.25) is 9.59 Å². The number of benzene rings is 1. The van der Waals surface area contributed by atoms with Gasteiger partial charge in [0.1, 0.15) is 18.1 Å². The van der Waals surface area contributed by atoms with Crippen LogP contribution in [0.4, 0.5) is 0 Å². The smallest absolute Gasteiger partial charge is 0.341 e. The molecule has 0 amide bonds. The van der Waals surface area contributed by atoms with Gasteiger partial charge in [-0.1, -0.05) is 77.1 Å². The molecule has 1 aromatic carbocycles. The predicted molar refractivity (Wildman–Crippen MR) is 169 cm³/mol. The van der Waals surface area contributed by atoms with Gasteiger partial charge in [0.2, 0.25) is 11.4 Å². The molecule has 264 valence electrons. The van der Waals surface area contributed by atoms with Crippen molar-refractivity contribution in [1.82, 2.24) is 0 Å². The highest BCUT2D eigenvalue weighted by Crippen LogP contribution is 2.54. The molecule has 1 aromatic rings. The second-order valence-electron chi connectivity index (χ2n) is 12.9. The molecule has 13 nitrogen and oxygen atoms in total. The van der Waals surface area contributed by atoms with Gasteiger partial charge >= 0.3 is 29.8 Å². The van der Waals surface area contributed by atoms with Crippen molar-refractivity contribution in [3.63, 3.8) is 0 Å². The summed E-state index contributed by atoms with van der Waals surface area (Å²) in [6, 6.07) is 9.39. The number of hydrogen-bond donors (Lipinski definition) is 4. The van der Waals surface area contributed by atoms with Crippen molar-refractivity contribution in [2.24, 2.45) is 23.7 Å². The molecule has 0 aliphatic carbocycles. The van der Waals surface area contributed by atoms with Crippen molar-refractivity contribution >= 4 is 29.8 Å². The Hall–Kier alpha value is -4.07. The molecule has 48 heavy (non-hydrogen) atoms. The topological polar surface area (TPSA) is 203 Å². The molecule has 13 heteroatoms. The predicted octanol–water partition coefficient (Wildman–Crippen LogP) is 3.77. The number of fused-ring (bicyclic) bond motifs is 2. The molecule has 2 saturated heterocycles. The van der Waals surface area contributed by atoms with Crippen LogP contribution in [0.1, 0.15) is 65.9 Å². The van der Waals surface area contributed by atoms with Gasteiger partial charge in [0.05, 0.1) is 0 Å². The van der Waals surface area contributed by atoms with Crippen LogP contribution in [0.5, 0.6) is 0 Å². The van der Waals surface area contributed by atoms with Crippen LogP contribution in [-0.2, 0) is 49.3 Å². The fourth-order valence-electron chi connectivity index (χ4n) is 6.56. The number of ether oxygens (including phenoxy) is 4. The summed E-state index contributed by atoms with van der Waals surface area (Å²) in [5.41, 5.74) is -1.77. The van der Waals surface area contributed by atoms with E-state index < -0.39 is 78.0 Å². The quantitative estimate of drug-likeness (QED) is 0.106. The van der Waals surface area contributed by atoms with Crippen LogP contribution >= 0.6 is 0 Å². The first-order valence-electron chi connectivity index (χ1n) is 16.0. The van der Waals surface area contributed by atoms with Crippen molar-refractivity contribution in [3.8, 4) is 0 Å². The Morgan fingerprint density at radius 1 is 1.04 bits per heavy atom. The molecule has 0 radical (unpaired) electrons. The number of hydrogen-bond acceptors (Lipinski definition) is 10. The van der Waals surface area contributed by atoms with Gasteiger partial charge in [0.15, 0.2) is 12.2 Å². The van der Waals surface area contributed by atoms with Crippen LogP contribution < -0.4 is 0 Å². The number of carbonyl (C=O) groups is 5. The lowest BCUT2D eigenvalue weighted by Gasteiger charge is -2.44. The van der Waals surface area contributed by atoms with Crippen molar-refractivity contribution in [3.05, 3.63) is 60.2 Å². The van der Waals surface area contributed by atoms with E-state index >= 15 is 0 Å². The fraction of sp³-hybridized carbons (Fsp3) is 0.571. The maximum absolute atomic E-state index is 13.0. The molecule has 3 rings (SSSR count). The van der Waals surface area contributed by atoms with Crippen LogP contribution in [0, 0.1) is 23.7 Å². The van der Waals surface area contributed by atoms with Crippen molar-refractivity contribution in [2.45, 2.75) is 103 Å². The second kappa shape index (κ2) is 15.9. The Morgan fingerprint density at radius 3 is 2.23 bits per heavy atom. The highest BCUT2D eigenvalue weighted by Gasteiger charge is 2.79. The van der Waals surface area contributed by atoms with Gasteiger partial charge in [-0.15, -0.1) is 0 Å². The van der Waals surface area contributed by atoms with E-state index in [1.54, 1.807) is 6.08 Å². The molecular formula is C35H46O13. The SMILES string of the molecule is C=C(CC[C@@]12O[C@H](C(=O)O)[C@H](C(=O)O)[C@@](C(=O)O)(O1)[C@H](OC(=O)/C=C/[C@@H](C)C[C@@H](C)CC)[C@H]2O)[C@@H](OC(C)=O)[C@H](C)Cc1ccccc1. The summed E-state index contributed by atoms with van der Waals surface area (Å²) >= 11 is 0. The second-order valence-corrected chi connectivity index (χ2v) is 12.9. The van der Waals surface area contributed by atoms with Gasteiger partial charge in [0.25, 0.3) is 0 Å². The van der Waals surface area contributed by atoms with Gasteiger partial charge in [-0.05, 0) is 42.2 Å². The van der Waals surface area contributed by atoms with Crippen molar-refractivity contribution in [1.29, 1.82) is 0 Å². The Balaban J connectivity index is 1.97. The van der Waals surface area contributed by atoms with Crippen LogP contribution in [0.3, 0.4) is 0 Å². The Kier molecular flexibility index (Phi) is 12.7. The standard InChI is InChI=1S/C35H46O13/c1-7-19(2)17-20(3)13-14-25(37)46-30-29(38)34(47-28(32(41)42)26(31(39)40)35(30,48-34)33(43)44)16-15-21(4)27(45-23(6)36)22(5)18-24-11-9-8-10-12-24/h8-14,19-20,22,26-30,38H,4,7,15-18H2,1-3,5-6H3,(H,39,40)(H,41,42)(H,43,44)/b14-13+/t19-,20+,22+,26+,27+,28-,29+,30+,34+,35+/m0/s1. The maximum atomic E-state index is 13.0. The third kappa shape index (κ3) is 8.31. The summed E-state index contributed by atoms with van der Waals surface area (Å²) in [6.07, 6.45) is -3.35. The first-order valence-corrected chi connectivity index (χ1v) is 16.0. The van der Waals surface area contributed by atoms with E-state index in [0.29, 0.717) is 17.9 Å². The van der Waals surface area contributed by atoms with Crippen LogP contribution in [0.2, 0.25) is 0 Å². The van der Waals surface area contributed by atoms with Crippen molar-refractivity contribution < 1.29 is 63.3 Å². The summed E-state index contributed by atoms with van der Waals surface area (Å²) in [5.74, 6) is -12.3. The first-order chi connectivity index (χ1) is 22.5. The van der Waals surface area contributed by atoms with E-state index in [1.165, 1.54) is 6.92 Å². The minimum atomic E-state index is -3.05. The minimum Gasteiger partial charge on any atom is -0.481 e. The number of carboxylic acids is 3. The monoisotopic (exact) mass is 674 g/mol. The van der Waals surface area contributed by atoms with Gasteiger partial charge in [0, 0.05) is 25.3 Å². The average molecular weight is 675 g/mol. The van der Waals surface area contributed by atoms with E-state index in [2.05, 4.69) is 6.58 Å². The van der Waals surface area contributed by atoms with E-state index in [-0.39, 0.29) is 18.3 Å². The Bertz CT molecular complexity index is 1390. The number of aliphatic carboxylic acids is 3. The van der Waals surface area contributed by atoms with Gasteiger partial charge < -0.3 is 39.4 Å². The third-order valence-electron chi connectivity index (χ3n) is 9.12. The fourth-order valence-corrected chi connectivity index (χ4v) is 6.56. The number of rotatable bonds is 17. The molecular weight excluding hydrogens is 628 g/mol. The molecule has 2 bridgehead atoms. The number of carboxylic acid groups (broad SMARTS) is 3. The molecule has 2 heterocycles. The summed E-state index contributed by atoms with van der Waals surface area (Å²) in [6.45, 7) is 13.1. The molecule has 2 aliphatic rings. The molecule has 0 spiro atoms. The number of esters is 2. The van der Waals surface area contributed by atoms with Gasteiger partial charge in [-0.2, -0.15) is 0 Å². The van der Waals surface area contributed by atoms with Crippen LogP contribution in [-0.4, -0.2) is 86.1 Å². The summed E-state index contributed by atoms with van der Waals surface area (Å²) in [7, 11) is 0. The molecule has 10 atom stereocenters.